The number of amidine groups is 1. The first-order valence-electron chi connectivity index (χ1n) is 7.28. The van der Waals surface area contributed by atoms with Gasteiger partial charge in [-0.2, -0.15) is 0 Å². The molecule has 0 unspecified atom stereocenters. The van der Waals surface area contributed by atoms with Gasteiger partial charge in [-0.25, -0.2) is 16.4 Å². The minimum Gasteiger partial charge on any atom is -0.382 e. The minimum atomic E-state index is 0.258. The lowest BCUT2D eigenvalue weighted by Crippen LogP contribution is -2.23. The summed E-state index contributed by atoms with van der Waals surface area (Å²) >= 11 is 12.4. The lowest BCUT2D eigenvalue weighted by molar-refractivity contribution is 0.798. The summed E-state index contributed by atoms with van der Waals surface area (Å²) in [6.07, 6.45) is 5.19. The lowest BCUT2D eigenvalue weighted by atomic mass is 10.2. The van der Waals surface area contributed by atoms with Crippen LogP contribution in [0.25, 0.3) is 11.4 Å². The summed E-state index contributed by atoms with van der Waals surface area (Å²) in [7, 11) is 0. The van der Waals surface area contributed by atoms with Crippen LogP contribution in [0.3, 0.4) is 0 Å². The largest absolute Gasteiger partial charge is 0.382 e. The van der Waals surface area contributed by atoms with Crippen molar-refractivity contribution in [3.8, 4) is 11.4 Å². The molecular formula is C16H15Cl2N7. The summed E-state index contributed by atoms with van der Waals surface area (Å²) in [5, 5.41) is 4.97. The number of imidazole rings is 1. The molecule has 0 fully saturated rings. The van der Waals surface area contributed by atoms with Gasteiger partial charge < -0.3 is 10.3 Å². The lowest BCUT2D eigenvalue weighted by Gasteiger charge is -2.07. The molecule has 0 aliphatic heterocycles. The molecule has 0 aliphatic carbocycles. The van der Waals surface area contributed by atoms with Crippen LogP contribution in [0.2, 0.25) is 10.0 Å². The third kappa shape index (κ3) is 3.90. The van der Waals surface area contributed by atoms with Crippen molar-refractivity contribution in [1.82, 2.24) is 20.1 Å². The van der Waals surface area contributed by atoms with Crippen LogP contribution in [0.4, 0.5) is 0 Å². The molecule has 0 saturated carbocycles. The number of hydrazone groups is 1. The molecule has 0 atom stereocenters. The van der Waals surface area contributed by atoms with Crippen LogP contribution in [-0.4, -0.2) is 20.4 Å². The Balaban J connectivity index is 1.87. The number of rotatable bonds is 5. The topological polar surface area (TPSA) is 107 Å². The van der Waals surface area contributed by atoms with E-state index in [0.717, 1.165) is 5.56 Å². The van der Waals surface area contributed by atoms with Crippen molar-refractivity contribution < 1.29 is 0 Å². The summed E-state index contributed by atoms with van der Waals surface area (Å²) in [5.74, 6) is 5.40. The molecular weight excluding hydrogens is 361 g/mol. The monoisotopic (exact) mass is 375 g/mol. The summed E-state index contributed by atoms with van der Waals surface area (Å²) in [6.45, 7) is 0.506. The average Bonchev–Trinajstić information content (AvgIpc) is 3.07. The number of nitrogens with two attached hydrogens (primary N) is 2. The van der Waals surface area contributed by atoms with Crippen molar-refractivity contribution in [3.05, 3.63) is 70.2 Å². The van der Waals surface area contributed by atoms with Crippen LogP contribution >= 0.6 is 23.2 Å². The zero-order valence-corrected chi connectivity index (χ0v) is 14.5. The highest BCUT2D eigenvalue weighted by Gasteiger charge is 2.10. The molecule has 3 aromatic rings. The van der Waals surface area contributed by atoms with Crippen LogP contribution < -0.4 is 17.1 Å². The van der Waals surface area contributed by atoms with E-state index < -0.39 is 0 Å². The van der Waals surface area contributed by atoms with Gasteiger partial charge in [0, 0.05) is 33.6 Å². The third-order valence-corrected chi connectivity index (χ3v) is 4.25. The highest BCUT2D eigenvalue weighted by Crippen LogP contribution is 2.25. The average molecular weight is 376 g/mol. The van der Waals surface area contributed by atoms with Gasteiger partial charge in [0.2, 0.25) is 0 Å². The SMILES string of the molecule is NN/N=C(\N)c1ccnc(-c2cn(Cc3c(Cl)cccc3Cl)cn2)c1. The summed E-state index contributed by atoms with van der Waals surface area (Å²) < 4.78 is 1.88. The Kier molecular flexibility index (Phi) is 5.18. The van der Waals surface area contributed by atoms with Crippen molar-refractivity contribution in [1.29, 1.82) is 0 Å². The Morgan fingerprint density at radius 2 is 1.92 bits per heavy atom. The first-order valence-corrected chi connectivity index (χ1v) is 8.04. The zero-order chi connectivity index (χ0) is 17.8. The highest BCUT2D eigenvalue weighted by molar-refractivity contribution is 6.35. The van der Waals surface area contributed by atoms with Crippen LogP contribution in [0.1, 0.15) is 11.1 Å². The first-order chi connectivity index (χ1) is 12.1. The van der Waals surface area contributed by atoms with Gasteiger partial charge in [0.1, 0.15) is 5.69 Å². The predicted octanol–water partition coefficient (Wildman–Crippen LogP) is 2.38. The summed E-state index contributed by atoms with van der Waals surface area (Å²) in [4.78, 5) is 8.70. The van der Waals surface area contributed by atoms with Gasteiger partial charge in [0.15, 0.2) is 5.84 Å². The molecule has 3 rings (SSSR count). The molecule has 0 bridgehead atoms. The molecule has 0 saturated heterocycles. The second-order valence-corrected chi connectivity index (χ2v) is 6.00. The van der Waals surface area contributed by atoms with Crippen LogP contribution in [0, 0.1) is 0 Å². The molecule has 0 radical (unpaired) electrons. The number of hydrogen-bond acceptors (Lipinski definition) is 5. The summed E-state index contributed by atoms with van der Waals surface area (Å²) in [6, 6.07) is 8.94. The van der Waals surface area contributed by atoms with E-state index in [4.69, 9.17) is 34.8 Å². The number of pyridine rings is 1. The quantitative estimate of drug-likeness (QED) is 0.274. The second-order valence-electron chi connectivity index (χ2n) is 5.19. The van der Waals surface area contributed by atoms with Crippen molar-refractivity contribution in [2.45, 2.75) is 6.54 Å². The van der Waals surface area contributed by atoms with Gasteiger partial charge in [-0.1, -0.05) is 29.3 Å². The molecule has 2 aromatic heterocycles. The van der Waals surface area contributed by atoms with E-state index >= 15 is 0 Å². The van der Waals surface area contributed by atoms with Gasteiger partial charge >= 0.3 is 0 Å². The van der Waals surface area contributed by atoms with Gasteiger partial charge in [-0.15, -0.1) is 5.10 Å². The summed E-state index contributed by atoms with van der Waals surface area (Å²) in [5.41, 5.74) is 10.9. The fourth-order valence-corrected chi connectivity index (χ4v) is 2.83. The van der Waals surface area contributed by atoms with E-state index in [1.807, 2.05) is 16.8 Å². The molecule has 25 heavy (non-hydrogen) atoms. The normalized spacial score (nSPS) is 11.6. The third-order valence-electron chi connectivity index (χ3n) is 3.54. The fourth-order valence-electron chi connectivity index (χ4n) is 2.31. The molecule has 7 nitrogen and oxygen atoms in total. The Labute approximate surface area is 154 Å². The van der Waals surface area contributed by atoms with Crippen LogP contribution in [-0.2, 0) is 6.54 Å². The van der Waals surface area contributed by atoms with Crippen molar-refractivity contribution in [3.63, 3.8) is 0 Å². The van der Waals surface area contributed by atoms with E-state index in [9.17, 15) is 0 Å². The highest BCUT2D eigenvalue weighted by atomic mass is 35.5. The number of hydrogen-bond donors (Lipinski definition) is 3. The van der Waals surface area contributed by atoms with Gasteiger partial charge in [-0.3, -0.25) is 4.98 Å². The maximum Gasteiger partial charge on any atom is 0.152 e. The van der Waals surface area contributed by atoms with Crippen molar-refractivity contribution >= 4 is 29.0 Å². The van der Waals surface area contributed by atoms with Crippen LogP contribution in [0.15, 0.2) is 54.2 Å². The molecule has 128 valence electrons. The Morgan fingerprint density at radius 1 is 1.16 bits per heavy atom. The van der Waals surface area contributed by atoms with Gasteiger partial charge in [0.25, 0.3) is 0 Å². The Morgan fingerprint density at radius 3 is 2.64 bits per heavy atom. The molecule has 1 aromatic carbocycles. The molecule has 0 spiro atoms. The van der Waals surface area contributed by atoms with Crippen molar-refractivity contribution in [2.24, 2.45) is 16.7 Å². The van der Waals surface area contributed by atoms with Gasteiger partial charge in [0.05, 0.1) is 18.6 Å². The van der Waals surface area contributed by atoms with E-state index in [1.165, 1.54) is 0 Å². The number of halogens is 2. The molecule has 9 heteroatoms. The van der Waals surface area contributed by atoms with Crippen LogP contribution in [0.5, 0.6) is 0 Å². The number of nitrogens with one attached hydrogen (secondary N) is 1. The van der Waals surface area contributed by atoms with E-state index in [-0.39, 0.29) is 5.84 Å². The maximum atomic E-state index is 6.21. The molecule has 5 N–H and O–H groups in total. The van der Waals surface area contributed by atoms with E-state index in [2.05, 4.69) is 20.6 Å². The smallest absolute Gasteiger partial charge is 0.152 e. The Hall–Kier alpha value is -2.61. The molecule has 2 heterocycles. The first kappa shape index (κ1) is 17.2. The molecule has 0 aliphatic rings. The number of benzene rings is 1. The zero-order valence-electron chi connectivity index (χ0n) is 13.0. The Bertz CT molecular complexity index is 900. The number of hydrazine groups is 1. The van der Waals surface area contributed by atoms with E-state index in [1.54, 1.807) is 36.8 Å². The second kappa shape index (κ2) is 7.52. The minimum absolute atomic E-state index is 0.258. The predicted molar refractivity (Wildman–Crippen MR) is 99.1 cm³/mol. The maximum absolute atomic E-state index is 6.21. The van der Waals surface area contributed by atoms with Gasteiger partial charge in [-0.05, 0) is 24.3 Å². The number of nitrogens with zero attached hydrogens (tertiary/aromatic N) is 4. The molecule has 0 amide bonds. The van der Waals surface area contributed by atoms with E-state index in [0.29, 0.717) is 33.5 Å². The fraction of sp³-hybridized carbons (Fsp3) is 0.0625. The van der Waals surface area contributed by atoms with Crippen molar-refractivity contribution in [2.75, 3.05) is 0 Å². The number of aromatic nitrogens is 3. The standard InChI is InChI=1S/C16H15Cl2N7/c17-12-2-1-3-13(18)11(12)7-25-8-15(22-9-25)14-6-10(4-5-21-14)16(19)23-24-20/h1-6,8-9,24H,7,20H2,(H2,19,23).